The quantitative estimate of drug-likeness (QED) is 0.395. The summed E-state index contributed by atoms with van der Waals surface area (Å²) in [4.78, 5) is 47.8. The second-order valence-corrected chi connectivity index (χ2v) is 8.22. The van der Waals surface area contributed by atoms with E-state index in [2.05, 4.69) is 14.6 Å². The van der Waals surface area contributed by atoms with Gasteiger partial charge in [0, 0.05) is 17.0 Å². The van der Waals surface area contributed by atoms with E-state index in [9.17, 15) is 27.6 Å². The largest absolute Gasteiger partial charge is 0.573 e. The van der Waals surface area contributed by atoms with Gasteiger partial charge in [0.15, 0.2) is 0 Å². The van der Waals surface area contributed by atoms with Gasteiger partial charge in [0.25, 0.3) is 0 Å². The van der Waals surface area contributed by atoms with Crippen molar-refractivity contribution in [2.75, 3.05) is 25.9 Å². The summed E-state index contributed by atoms with van der Waals surface area (Å²) < 4.78 is 56.6. The van der Waals surface area contributed by atoms with Crippen molar-refractivity contribution in [3.05, 3.63) is 58.6 Å². The minimum Gasteiger partial charge on any atom is -0.467 e. The molecule has 15 heteroatoms. The van der Waals surface area contributed by atoms with Crippen molar-refractivity contribution >= 4 is 47.4 Å². The Bertz CT molecular complexity index is 1300. The van der Waals surface area contributed by atoms with Crippen LogP contribution in [0.3, 0.4) is 0 Å². The maximum Gasteiger partial charge on any atom is 0.573 e. The fraction of sp³-hybridized carbons (Fsp3) is 0.292. The molecule has 0 aromatic heterocycles. The lowest BCUT2D eigenvalue weighted by atomic mass is 9.97. The van der Waals surface area contributed by atoms with Gasteiger partial charge >= 0.3 is 24.5 Å². The zero-order valence-corrected chi connectivity index (χ0v) is 21.4. The molecule has 1 atom stereocenters. The number of hydrogen-bond donors (Lipinski definition) is 0. The van der Waals surface area contributed by atoms with E-state index in [4.69, 9.17) is 25.9 Å². The van der Waals surface area contributed by atoms with E-state index < -0.39 is 42.5 Å². The molecular weight excluding hydrogens is 551 g/mol. The number of amides is 3. The van der Waals surface area contributed by atoms with Gasteiger partial charge in [-0.2, -0.15) is 15.0 Å². The first kappa shape index (κ1) is 29.4. The minimum absolute atomic E-state index is 0.0534. The molecule has 1 aliphatic carbocycles. The molecule has 0 bridgehead atoms. The summed E-state index contributed by atoms with van der Waals surface area (Å²) in [6, 6.07) is 7.70. The molecule has 208 valence electrons. The van der Waals surface area contributed by atoms with Gasteiger partial charge in [-0.3, -0.25) is 0 Å². The molecule has 4 rings (SSSR count). The second kappa shape index (κ2) is 11.7. The highest BCUT2D eigenvalue weighted by molar-refractivity contribution is 6.31. The van der Waals surface area contributed by atoms with Crippen LogP contribution in [0.4, 0.5) is 28.4 Å². The SMILES string of the molecule is CC=O.COC(=O)N(C(=O)N1CO[C@@]2(C(=O)OC)Cc3cc(Cl)ccc3C2=N1)c1ccc(OC(F)(F)F)cc1. The van der Waals surface area contributed by atoms with Crippen molar-refractivity contribution < 1.29 is 51.3 Å². The predicted octanol–water partition coefficient (Wildman–Crippen LogP) is 4.30. The van der Waals surface area contributed by atoms with Crippen molar-refractivity contribution in [3.8, 4) is 5.75 Å². The van der Waals surface area contributed by atoms with Crippen molar-refractivity contribution in [3.63, 3.8) is 0 Å². The molecule has 2 aromatic carbocycles. The maximum atomic E-state index is 13.3. The number of hydrazone groups is 1. The number of fused-ring (bicyclic) bond motifs is 3. The summed E-state index contributed by atoms with van der Waals surface area (Å²) in [7, 11) is 2.19. The standard InChI is InChI=1S/C22H17ClF3N3O7.C2H4O/c1-33-18(30)21-10-12-9-13(23)3-8-16(12)17(21)27-28(11-35-21)19(31)29(20(32)34-2)14-4-6-15(7-5-14)36-22(24,25)26;1-2-3/h3-9H,10-11H2,1-2H3;2H,1H3/t21-;/m0./s1. The average molecular weight is 572 g/mol. The first-order chi connectivity index (χ1) is 18.4. The zero-order valence-electron chi connectivity index (χ0n) is 20.7. The number of halogens is 4. The Labute approximate surface area is 224 Å². The van der Waals surface area contributed by atoms with Gasteiger partial charge < -0.3 is 23.7 Å². The van der Waals surface area contributed by atoms with Crippen LogP contribution >= 0.6 is 11.6 Å². The number of imide groups is 1. The van der Waals surface area contributed by atoms with Crippen LogP contribution in [0.2, 0.25) is 5.02 Å². The van der Waals surface area contributed by atoms with Crippen LogP contribution < -0.4 is 9.64 Å². The highest BCUT2D eigenvalue weighted by atomic mass is 35.5. The molecule has 0 saturated heterocycles. The summed E-state index contributed by atoms with van der Waals surface area (Å²) in [5.41, 5.74) is -0.582. The lowest BCUT2D eigenvalue weighted by Gasteiger charge is -2.35. The molecule has 2 aliphatic rings. The Morgan fingerprint density at radius 2 is 1.77 bits per heavy atom. The number of anilines is 1. The Balaban J connectivity index is 0.00000134. The van der Waals surface area contributed by atoms with E-state index in [0.29, 0.717) is 21.0 Å². The van der Waals surface area contributed by atoms with Crippen molar-refractivity contribution in [2.45, 2.75) is 25.3 Å². The summed E-state index contributed by atoms with van der Waals surface area (Å²) in [5, 5.41) is 5.48. The molecule has 0 fully saturated rings. The van der Waals surface area contributed by atoms with Crippen molar-refractivity contribution in [1.82, 2.24) is 5.01 Å². The Kier molecular flexibility index (Phi) is 8.81. The molecule has 0 radical (unpaired) electrons. The number of carbonyl (C=O) groups is 4. The van der Waals surface area contributed by atoms with Gasteiger partial charge in [-0.05, 0) is 48.9 Å². The van der Waals surface area contributed by atoms with E-state index in [0.717, 1.165) is 42.7 Å². The van der Waals surface area contributed by atoms with Gasteiger partial charge in [0.2, 0.25) is 5.60 Å². The lowest BCUT2D eigenvalue weighted by molar-refractivity contribution is -0.274. The van der Waals surface area contributed by atoms with Gasteiger partial charge in [0.05, 0.1) is 19.9 Å². The number of esters is 1. The normalized spacial score (nSPS) is 17.4. The molecule has 3 amide bonds. The number of benzene rings is 2. The van der Waals surface area contributed by atoms with Crippen LogP contribution in [0.1, 0.15) is 18.1 Å². The molecule has 0 spiro atoms. The van der Waals surface area contributed by atoms with Crippen molar-refractivity contribution in [1.29, 1.82) is 0 Å². The fourth-order valence-corrected chi connectivity index (χ4v) is 4.07. The first-order valence-electron chi connectivity index (χ1n) is 11.0. The van der Waals surface area contributed by atoms with Crippen LogP contribution in [0.5, 0.6) is 5.75 Å². The topological polar surface area (TPSA) is 124 Å². The molecule has 0 unspecified atom stereocenters. The molecule has 1 heterocycles. The molecule has 11 nitrogen and oxygen atoms in total. The highest BCUT2D eigenvalue weighted by Gasteiger charge is 2.55. The third-order valence-electron chi connectivity index (χ3n) is 5.41. The van der Waals surface area contributed by atoms with Gasteiger partial charge in [0.1, 0.15) is 24.5 Å². The Hall–Kier alpha value is -4.17. The predicted molar refractivity (Wildman–Crippen MR) is 129 cm³/mol. The number of rotatable bonds is 3. The van der Waals surface area contributed by atoms with E-state index in [1.165, 1.54) is 14.0 Å². The third-order valence-corrected chi connectivity index (χ3v) is 5.65. The minimum atomic E-state index is -4.92. The number of hydrogen-bond acceptors (Lipinski definition) is 9. The molecule has 0 N–H and O–H groups in total. The van der Waals surface area contributed by atoms with Crippen molar-refractivity contribution in [2.24, 2.45) is 5.10 Å². The number of aldehydes is 1. The van der Waals surface area contributed by atoms with Crippen LogP contribution in [-0.4, -0.2) is 68.0 Å². The summed E-state index contributed by atoms with van der Waals surface area (Å²) >= 11 is 6.07. The number of alkyl halides is 3. The number of nitrogens with zero attached hydrogens (tertiary/aromatic N) is 3. The first-order valence-corrected chi connectivity index (χ1v) is 11.3. The van der Waals surface area contributed by atoms with Gasteiger partial charge in [-0.25, -0.2) is 14.4 Å². The number of carbonyl (C=O) groups excluding carboxylic acids is 4. The average Bonchev–Trinajstić information content (AvgIpc) is 3.22. The molecular formula is C24H21ClF3N3O8. The van der Waals surface area contributed by atoms with Crippen LogP contribution in [0.15, 0.2) is 47.6 Å². The van der Waals surface area contributed by atoms with Gasteiger partial charge in [-0.1, -0.05) is 17.7 Å². The summed E-state index contributed by atoms with van der Waals surface area (Å²) in [6.07, 6.45) is -5.26. The summed E-state index contributed by atoms with van der Waals surface area (Å²) in [6.45, 7) is 0.891. The van der Waals surface area contributed by atoms with Gasteiger partial charge in [-0.15, -0.1) is 13.2 Å². The molecule has 2 aromatic rings. The molecule has 1 aliphatic heterocycles. The fourth-order valence-electron chi connectivity index (χ4n) is 3.87. The Morgan fingerprint density at radius 1 is 1.13 bits per heavy atom. The van der Waals surface area contributed by atoms with Crippen LogP contribution in [-0.2, 0) is 30.2 Å². The summed E-state index contributed by atoms with van der Waals surface area (Å²) in [5.74, 6) is -1.31. The maximum absolute atomic E-state index is 13.3. The highest BCUT2D eigenvalue weighted by Crippen LogP contribution is 2.39. The van der Waals surface area contributed by atoms with Crippen LogP contribution in [0.25, 0.3) is 0 Å². The number of methoxy groups -OCH3 is 2. The lowest BCUT2D eigenvalue weighted by Crippen LogP contribution is -2.56. The number of urea groups is 1. The molecule has 39 heavy (non-hydrogen) atoms. The van der Waals surface area contributed by atoms with E-state index in [-0.39, 0.29) is 17.8 Å². The number of ether oxygens (including phenoxy) is 4. The smallest absolute Gasteiger partial charge is 0.467 e. The zero-order chi connectivity index (χ0) is 29.0. The van der Waals surface area contributed by atoms with E-state index in [1.807, 2.05) is 0 Å². The third kappa shape index (κ3) is 6.12. The second-order valence-electron chi connectivity index (χ2n) is 7.78. The Morgan fingerprint density at radius 3 is 2.33 bits per heavy atom. The van der Waals surface area contributed by atoms with Crippen LogP contribution in [0, 0.1) is 0 Å². The van der Waals surface area contributed by atoms with E-state index in [1.54, 1.807) is 18.2 Å². The van der Waals surface area contributed by atoms with E-state index >= 15 is 0 Å². The monoisotopic (exact) mass is 571 g/mol. The molecule has 0 saturated carbocycles.